The number of carbonyl (C=O) groups is 1. The van der Waals surface area contributed by atoms with Gasteiger partial charge in [-0.15, -0.1) is 0 Å². The fourth-order valence-corrected chi connectivity index (χ4v) is 4.22. The molecule has 1 fully saturated rings. The molecule has 0 radical (unpaired) electrons. The van der Waals surface area contributed by atoms with Crippen LogP contribution in [0.15, 0.2) is 24.3 Å². The quantitative estimate of drug-likeness (QED) is 0.699. The van der Waals surface area contributed by atoms with Gasteiger partial charge in [-0.25, -0.2) is 9.50 Å². The van der Waals surface area contributed by atoms with Crippen molar-refractivity contribution in [3.63, 3.8) is 0 Å². The van der Waals surface area contributed by atoms with Crippen molar-refractivity contribution in [2.45, 2.75) is 46.6 Å². The third kappa shape index (κ3) is 3.37. The molecular formula is C22H29N5O. The van der Waals surface area contributed by atoms with Crippen LogP contribution in [0.1, 0.15) is 37.2 Å². The minimum Gasteiger partial charge on any atom is -0.340 e. The Morgan fingerprint density at radius 3 is 2.54 bits per heavy atom. The van der Waals surface area contributed by atoms with Crippen LogP contribution in [-0.4, -0.2) is 62.5 Å². The van der Waals surface area contributed by atoms with Crippen LogP contribution in [-0.2, 0) is 11.2 Å². The molecule has 0 bridgehead atoms. The Bertz CT molecular complexity index is 1010. The number of rotatable bonds is 4. The highest BCUT2D eigenvalue weighted by Gasteiger charge is 2.23. The van der Waals surface area contributed by atoms with Gasteiger partial charge in [0.1, 0.15) is 0 Å². The van der Waals surface area contributed by atoms with Gasteiger partial charge in [-0.2, -0.15) is 5.10 Å². The molecule has 3 heterocycles. The lowest BCUT2D eigenvalue weighted by atomic mass is 10.1. The topological polar surface area (TPSA) is 53.7 Å². The van der Waals surface area contributed by atoms with E-state index in [0.717, 1.165) is 59.7 Å². The standard InChI is InChI=1S/C22H29N5O/c1-15(2)25-11-13-26(14-12-25)21(28)10-9-18-16(3)23-22-19-7-5-6-8-20(19)24-27(22)17(18)4/h5-8,15H,9-14H2,1-4H3. The van der Waals surface area contributed by atoms with E-state index in [0.29, 0.717) is 18.9 Å². The van der Waals surface area contributed by atoms with Gasteiger partial charge in [-0.05, 0) is 51.8 Å². The molecule has 0 spiro atoms. The Balaban J connectivity index is 1.50. The average molecular weight is 380 g/mol. The second kappa shape index (κ2) is 7.51. The molecule has 1 aliphatic heterocycles. The molecular weight excluding hydrogens is 350 g/mol. The van der Waals surface area contributed by atoms with Crippen LogP contribution in [0.4, 0.5) is 0 Å². The number of fused-ring (bicyclic) bond motifs is 3. The van der Waals surface area contributed by atoms with E-state index in [-0.39, 0.29) is 5.91 Å². The number of benzene rings is 1. The summed E-state index contributed by atoms with van der Waals surface area (Å²) in [6.45, 7) is 12.1. The Hall–Kier alpha value is -2.47. The van der Waals surface area contributed by atoms with Crippen LogP contribution in [0.2, 0.25) is 0 Å². The summed E-state index contributed by atoms with van der Waals surface area (Å²) in [7, 11) is 0. The summed E-state index contributed by atoms with van der Waals surface area (Å²) in [4.78, 5) is 22.0. The monoisotopic (exact) mass is 379 g/mol. The first kappa shape index (κ1) is 18.9. The van der Waals surface area contributed by atoms with Crippen LogP contribution in [0.5, 0.6) is 0 Å². The van der Waals surface area contributed by atoms with E-state index in [9.17, 15) is 4.79 Å². The SMILES string of the molecule is Cc1nc2c3ccccc3nn2c(C)c1CCC(=O)N1CCN(C(C)C)CC1. The molecule has 2 aromatic heterocycles. The molecule has 1 aromatic carbocycles. The highest BCUT2D eigenvalue weighted by molar-refractivity contribution is 5.92. The number of hydrogen-bond acceptors (Lipinski definition) is 4. The molecule has 6 heteroatoms. The second-order valence-corrected chi connectivity index (χ2v) is 8.02. The molecule has 0 saturated carbocycles. The smallest absolute Gasteiger partial charge is 0.222 e. The van der Waals surface area contributed by atoms with Crippen molar-refractivity contribution < 1.29 is 4.79 Å². The molecule has 3 aromatic rings. The van der Waals surface area contributed by atoms with E-state index in [2.05, 4.69) is 31.7 Å². The number of piperazine rings is 1. The van der Waals surface area contributed by atoms with Crippen LogP contribution in [0, 0.1) is 13.8 Å². The maximum Gasteiger partial charge on any atom is 0.222 e. The fraction of sp³-hybridized carbons (Fsp3) is 0.500. The Kier molecular flexibility index (Phi) is 5.06. The summed E-state index contributed by atoms with van der Waals surface area (Å²) in [5, 5.41) is 5.78. The van der Waals surface area contributed by atoms with Crippen molar-refractivity contribution in [1.82, 2.24) is 24.4 Å². The first-order valence-corrected chi connectivity index (χ1v) is 10.2. The van der Waals surface area contributed by atoms with Gasteiger partial charge in [0.15, 0.2) is 5.65 Å². The van der Waals surface area contributed by atoms with Gasteiger partial charge in [-0.1, -0.05) is 12.1 Å². The number of carbonyl (C=O) groups excluding carboxylic acids is 1. The van der Waals surface area contributed by atoms with Crippen LogP contribution in [0.3, 0.4) is 0 Å². The summed E-state index contributed by atoms with van der Waals surface area (Å²) in [6.07, 6.45) is 1.23. The minimum absolute atomic E-state index is 0.243. The summed E-state index contributed by atoms with van der Waals surface area (Å²) in [5.74, 6) is 0.243. The normalized spacial score (nSPS) is 15.8. The van der Waals surface area contributed by atoms with Gasteiger partial charge in [0, 0.05) is 55.4 Å². The van der Waals surface area contributed by atoms with Gasteiger partial charge < -0.3 is 4.90 Å². The predicted molar refractivity (Wildman–Crippen MR) is 112 cm³/mol. The predicted octanol–water partition coefficient (Wildman–Crippen LogP) is 2.98. The average Bonchev–Trinajstić information content (AvgIpc) is 3.06. The van der Waals surface area contributed by atoms with E-state index in [1.54, 1.807) is 0 Å². The van der Waals surface area contributed by atoms with Crippen LogP contribution < -0.4 is 0 Å². The number of aromatic nitrogens is 3. The third-order valence-corrected chi connectivity index (χ3v) is 6.00. The molecule has 4 rings (SSSR count). The number of nitrogens with zero attached hydrogens (tertiary/aromatic N) is 5. The first-order chi connectivity index (χ1) is 13.5. The van der Waals surface area contributed by atoms with Gasteiger partial charge in [-0.3, -0.25) is 9.69 Å². The Labute approximate surface area is 166 Å². The molecule has 1 saturated heterocycles. The zero-order valence-electron chi connectivity index (χ0n) is 17.3. The van der Waals surface area contributed by atoms with Crippen LogP contribution in [0.25, 0.3) is 16.6 Å². The van der Waals surface area contributed by atoms with E-state index >= 15 is 0 Å². The zero-order valence-corrected chi connectivity index (χ0v) is 17.3. The molecule has 1 aliphatic rings. The molecule has 28 heavy (non-hydrogen) atoms. The van der Waals surface area contributed by atoms with E-state index < -0.39 is 0 Å². The number of amides is 1. The molecule has 6 nitrogen and oxygen atoms in total. The highest BCUT2D eigenvalue weighted by atomic mass is 16.2. The largest absolute Gasteiger partial charge is 0.340 e. The van der Waals surface area contributed by atoms with E-state index in [4.69, 9.17) is 10.1 Å². The Morgan fingerprint density at radius 1 is 1.11 bits per heavy atom. The van der Waals surface area contributed by atoms with Gasteiger partial charge >= 0.3 is 0 Å². The van der Waals surface area contributed by atoms with Crippen LogP contribution >= 0.6 is 0 Å². The van der Waals surface area contributed by atoms with Gasteiger partial charge in [0.2, 0.25) is 5.91 Å². The van der Waals surface area contributed by atoms with Crippen molar-refractivity contribution in [2.24, 2.45) is 0 Å². The highest BCUT2D eigenvalue weighted by Crippen LogP contribution is 2.23. The summed E-state index contributed by atoms with van der Waals surface area (Å²) >= 11 is 0. The number of aryl methyl sites for hydroxylation is 2. The van der Waals surface area contributed by atoms with Gasteiger partial charge in [0.05, 0.1) is 5.52 Å². The van der Waals surface area contributed by atoms with Crippen molar-refractivity contribution in [3.05, 3.63) is 41.2 Å². The molecule has 0 unspecified atom stereocenters. The molecule has 0 aliphatic carbocycles. The lowest BCUT2D eigenvalue weighted by Crippen LogP contribution is -2.50. The molecule has 0 atom stereocenters. The van der Waals surface area contributed by atoms with Gasteiger partial charge in [0.25, 0.3) is 0 Å². The van der Waals surface area contributed by atoms with Crippen molar-refractivity contribution in [3.8, 4) is 0 Å². The Morgan fingerprint density at radius 2 is 1.82 bits per heavy atom. The van der Waals surface area contributed by atoms with Crippen molar-refractivity contribution >= 4 is 22.5 Å². The zero-order chi connectivity index (χ0) is 19.8. The fourth-order valence-electron chi connectivity index (χ4n) is 4.22. The second-order valence-electron chi connectivity index (χ2n) is 8.02. The molecule has 1 amide bonds. The minimum atomic E-state index is 0.243. The van der Waals surface area contributed by atoms with Crippen molar-refractivity contribution in [2.75, 3.05) is 26.2 Å². The van der Waals surface area contributed by atoms with E-state index in [1.165, 1.54) is 0 Å². The summed E-state index contributed by atoms with van der Waals surface area (Å²) < 4.78 is 1.93. The van der Waals surface area contributed by atoms with Crippen molar-refractivity contribution in [1.29, 1.82) is 0 Å². The first-order valence-electron chi connectivity index (χ1n) is 10.2. The summed E-state index contributed by atoms with van der Waals surface area (Å²) in [6, 6.07) is 8.63. The lowest BCUT2D eigenvalue weighted by molar-refractivity contribution is -0.133. The third-order valence-electron chi connectivity index (χ3n) is 6.00. The summed E-state index contributed by atoms with van der Waals surface area (Å²) in [5.41, 5.74) is 5.05. The maximum absolute atomic E-state index is 12.7. The lowest BCUT2D eigenvalue weighted by Gasteiger charge is -2.37. The number of hydrogen-bond donors (Lipinski definition) is 0. The molecule has 148 valence electrons. The van der Waals surface area contributed by atoms with E-state index in [1.807, 2.05) is 34.5 Å². The molecule has 0 N–H and O–H groups in total. The maximum atomic E-state index is 12.7.